The Bertz CT molecular complexity index is 782. The topological polar surface area (TPSA) is 104 Å². The van der Waals surface area contributed by atoms with E-state index in [4.69, 9.17) is 23.7 Å². The highest BCUT2D eigenvalue weighted by Crippen LogP contribution is 2.44. The number of anilines is 1. The second kappa shape index (κ2) is 7.33. The van der Waals surface area contributed by atoms with Crippen molar-refractivity contribution in [2.75, 3.05) is 11.9 Å². The molecular formula is C20H26N2O7. The Hall–Kier alpha value is -2.04. The highest BCUT2D eigenvalue weighted by Gasteiger charge is 2.62. The van der Waals surface area contributed by atoms with Crippen LogP contribution in [0.3, 0.4) is 0 Å². The smallest absolute Gasteiger partial charge is 0.252 e. The van der Waals surface area contributed by atoms with Crippen molar-refractivity contribution in [3.63, 3.8) is 0 Å². The number of rotatable bonds is 4. The molecule has 0 spiro atoms. The van der Waals surface area contributed by atoms with Crippen molar-refractivity contribution >= 4 is 17.5 Å². The van der Waals surface area contributed by atoms with E-state index in [-0.39, 0.29) is 12.5 Å². The van der Waals surface area contributed by atoms with Crippen molar-refractivity contribution in [3.8, 4) is 0 Å². The fourth-order valence-electron chi connectivity index (χ4n) is 3.82. The molecule has 9 heteroatoms. The second-order valence-electron chi connectivity index (χ2n) is 8.22. The van der Waals surface area contributed by atoms with Gasteiger partial charge in [-0.1, -0.05) is 18.2 Å². The van der Waals surface area contributed by atoms with E-state index in [0.29, 0.717) is 5.69 Å². The van der Waals surface area contributed by atoms with Crippen LogP contribution in [0.4, 0.5) is 5.69 Å². The summed E-state index contributed by atoms with van der Waals surface area (Å²) in [5.74, 6) is -2.58. The van der Waals surface area contributed by atoms with Gasteiger partial charge in [0.1, 0.15) is 18.3 Å². The van der Waals surface area contributed by atoms with Gasteiger partial charge in [0.25, 0.3) is 5.91 Å². The maximum absolute atomic E-state index is 12.8. The molecule has 2 N–H and O–H groups in total. The lowest BCUT2D eigenvalue weighted by Gasteiger charge is -2.36. The van der Waals surface area contributed by atoms with E-state index in [9.17, 15) is 9.59 Å². The van der Waals surface area contributed by atoms with Crippen molar-refractivity contribution in [2.45, 2.75) is 70.0 Å². The van der Waals surface area contributed by atoms with Crippen molar-refractivity contribution in [1.29, 1.82) is 0 Å². The van der Waals surface area contributed by atoms with Gasteiger partial charge >= 0.3 is 0 Å². The molecular weight excluding hydrogens is 380 g/mol. The van der Waals surface area contributed by atoms with E-state index in [1.807, 2.05) is 18.2 Å². The Kier molecular flexibility index (Phi) is 5.12. The van der Waals surface area contributed by atoms with Gasteiger partial charge in [-0.2, -0.15) is 0 Å². The average Bonchev–Trinajstić information content (AvgIpc) is 3.13. The van der Waals surface area contributed by atoms with Crippen LogP contribution in [0.2, 0.25) is 0 Å². The van der Waals surface area contributed by atoms with Gasteiger partial charge in [0.2, 0.25) is 5.91 Å². The predicted molar refractivity (Wildman–Crippen MR) is 101 cm³/mol. The Morgan fingerprint density at radius 1 is 0.897 bits per heavy atom. The molecule has 0 aliphatic carbocycles. The minimum absolute atomic E-state index is 0.202. The first-order valence-corrected chi connectivity index (χ1v) is 9.63. The van der Waals surface area contributed by atoms with Gasteiger partial charge < -0.3 is 34.3 Å². The van der Waals surface area contributed by atoms with E-state index < -0.39 is 48.2 Å². The van der Waals surface area contributed by atoms with Crippen molar-refractivity contribution < 1.29 is 33.3 Å². The van der Waals surface area contributed by atoms with Crippen LogP contribution < -0.4 is 10.6 Å². The summed E-state index contributed by atoms with van der Waals surface area (Å²) in [4.78, 5) is 24.9. The van der Waals surface area contributed by atoms with Gasteiger partial charge in [-0.3, -0.25) is 9.59 Å². The fourth-order valence-corrected chi connectivity index (χ4v) is 3.82. The predicted octanol–water partition coefficient (Wildman–Crippen LogP) is 1.14. The largest absolute Gasteiger partial charge is 0.345 e. The fraction of sp³-hybridized carbons (Fsp3) is 0.600. The molecule has 0 saturated carbocycles. The van der Waals surface area contributed by atoms with Crippen LogP contribution >= 0.6 is 0 Å². The first-order chi connectivity index (χ1) is 13.6. The summed E-state index contributed by atoms with van der Waals surface area (Å²) in [7, 11) is 0. The molecule has 0 unspecified atom stereocenters. The number of fused-ring (bicyclic) bond motifs is 3. The Labute approximate surface area is 169 Å². The Balaban J connectivity index is 1.41. The van der Waals surface area contributed by atoms with Crippen LogP contribution in [0.25, 0.3) is 0 Å². The third kappa shape index (κ3) is 4.29. The molecule has 3 aliphatic rings. The minimum atomic E-state index is -0.995. The molecule has 158 valence electrons. The van der Waals surface area contributed by atoms with Crippen molar-refractivity contribution in [1.82, 2.24) is 5.32 Å². The normalized spacial score (nSPS) is 34.1. The average molecular weight is 406 g/mol. The third-order valence-corrected chi connectivity index (χ3v) is 4.89. The summed E-state index contributed by atoms with van der Waals surface area (Å²) in [6, 6.07) is 9.00. The number of ether oxygens (including phenoxy) is 5. The van der Waals surface area contributed by atoms with Crippen molar-refractivity contribution in [3.05, 3.63) is 30.3 Å². The lowest BCUT2D eigenvalue weighted by atomic mass is 9.98. The van der Waals surface area contributed by atoms with Gasteiger partial charge in [-0.25, -0.2) is 0 Å². The quantitative estimate of drug-likeness (QED) is 0.773. The Morgan fingerprint density at radius 2 is 1.52 bits per heavy atom. The van der Waals surface area contributed by atoms with E-state index >= 15 is 0 Å². The number of amides is 2. The van der Waals surface area contributed by atoms with Gasteiger partial charge in [0, 0.05) is 5.69 Å². The second-order valence-corrected chi connectivity index (χ2v) is 8.22. The van der Waals surface area contributed by atoms with Gasteiger partial charge in [0.15, 0.2) is 24.0 Å². The Morgan fingerprint density at radius 3 is 2.24 bits per heavy atom. The van der Waals surface area contributed by atoms with Crippen LogP contribution in [0.5, 0.6) is 0 Å². The standard InChI is InChI=1S/C20H26N2O7/c1-19(2)26-13-14(27-19)16-18(29-20(3,4)28-16)25-15(13)17(24)21-10-12(23)22-11-8-6-5-7-9-11/h5-9,13-16,18H,10H2,1-4H3,(H,21,24)(H,22,23)/t13-,14-,15+,16-,18+/m1/s1. The van der Waals surface area contributed by atoms with Crippen LogP contribution in [0, 0.1) is 0 Å². The zero-order valence-corrected chi connectivity index (χ0v) is 16.8. The summed E-state index contributed by atoms with van der Waals surface area (Å²) in [5, 5.41) is 5.32. The van der Waals surface area contributed by atoms with Crippen LogP contribution in [0.15, 0.2) is 30.3 Å². The molecule has 2 amide bonds. The van der Waals surface area contributed by atoms with Gasteiger partial charge in [-0.15, -0.1) is 0 Å². The van der Waals surface area contributed by atoms with E-state index in [0.717, 1.165) is 0 Å². The van der Waals surface area contributed by atoms with Crippen LogP contribution in [0.1, 0.15) is 27.7 Å². The number of hydrogen-bond donors (Lipinski definition) is 2. The number of nitrogens with one attached hydrogen (secondary N) is 2. The summed E-state index contributed by atoms with van der Waals surface area (Å²) < 4.78 is 29.4. The molecule has 3 saturated heterocycles. The molecule has 5 atom stereocenters. The molecule has 0 bridgehead atoms. The zero-order chi connectivity index (χ0) is 20.8. The van der Waals surface area contributed by atoms with Crippen molar-refractivity contribution in [2.24, 2.45) is 0 Å². The first kappa shape index (κ1) is 20.2. The van der Waals surface area contributed by atoms with Gasteiger partial charge in [0.05, 0.1) is 6.54 Å². The van der Waals surface area contributed by atoms with E-state index in [1.54, 1.807) is 39.8 Å². The van der Waals surface area contributed by atoms with E-state index in [2.05, 4.69) is 10.6 Å². The molecule has 1 aromatic carbocycles. The SMILES string of the molecule is CC1(C)O[C@@H]2[C@@H](O1)[C@@H](C(=O)NCC(=O)Nc1ccccc1)O[C@H]1OC(C)(C)O[C@@H]12. The zero-order valence-electron chi connectivity index (χ0n) is 16.8. The van der Waals surface area contributed by atoms with Crippen LogP contribution in [-0.4, -0.2) is 60.6 Å². The number of carbonyl (C=O) groups excluding carboxylic acids is 2. The summed E-state index contributed by atoms with van der Waals surface area (Å²) in [5.41, 5.74) is 0.650. The number of carbonyl (C=O) groups is 2. The summed E-state index contributed by atoms with van der Waals surface area (Å²) in [6.07, 6.45) is -3.48. The molecule has 3 fully saturated rings. The molecule has 4 rings (SSSR count). The molecule has 9 nitrogen and oxygen atoms in total. The molecule has 3 aliphatic heterocycles. The third-order valence-electron chi connectivity index (χ3n) is 4.89. The maximum Gasteiger partial charge on any atom is 0.252 e. The molecule has 29 heavy (non-hydrogen) atoms. The summed E-state index contributed by atoms with van der Waals surface area (Å²) in [6.45, 7) is 6.88. The van der Waals surface area contributed by atoms with E-state index in [1.165, 1.54) is 0 Å². The summed E-state index contributed by atoms with van der Waals surface area (Å²) >= 11 is 0. The minimum Gasteiger partial charge on any atom is -0.345 e. The highest BCUT2D eigenvalue weighted by molar-refractivity contribution is 5.95. The highest BCUT2D eigenvalue weighted by atomic mass is 16.9. The monoisotopic (exact) mass is 406 g/mol. The maximum atomic E-state index is 12.8. The van der Waals surface area contributed by atoms with Crippen LogP contribution in [-0.2, 0) is 33.3 Å². The number of benzene rings is 1. The molecule has 3 heterocycles. The number of para-hydroxylation sites is 1. The first-order valence-electron chi connectivity index (χ1n) is 9.63. The molecule has 0 radical (unpaired) electrons. The lowest BCUT2D eigenvalue weighted by Crippen LogP contribution is -2.59. The molecule has 0 aromatic heterocycles. The van der Waals surface area contributed by atoms with Gasteiger partial charge in [-0.05, 0) is 39.8 Å². The molecule has 1 aromatic rings. The number of hydrogen-bond acceptors (Lipinski definition) is 7. The lowest BCUT2D eigenvalue weighted by molar-refractivity contribution is -0.231.